The number of rotatable bonds is 5. The molecule has 0 unspecified atom stereocenters. The Balaban J connectivity index is 1.41. The van der Waals surface area contributed by atoms with Crippen LogP contribution in [0.5, 0.6) is 0 Å². The second kappa shape index (κ2) is 8.00. The smallest absolute Gasteiger partial charge is 0.317 e. The molecule has 0 bridgehead atoms. The fourth-order valence-corrected chi connectivity index (χ4v) is 3.57. The highest BCUT2D eigenvalue weighted by Crippen LogP contribution is 2.32. The molecule has 2 fully saturated rings. The van der Waals surface area contributed by atoms with Crippen molar-refractivity contribution >= 4 is 11.9 Å². The normalized spacial score (nSPS) is 22.0. The van der Waals surface area contributed by atoms with Gasteiger partial charge in [-0.2, -0.15) is 4.98 Å². The predicted octanol–water partition coefficient (Wildman–Crippen LogP) is 1.97. The Morgan fingerprint density at radius 1 is 1.21 bits per heavy atom. The summed E-state index contributed by atoms with van der Waals surface area (Å²) in [6, 6.07) is 9.43. The summed E-state index contributed by atoms with van der Waals surface area (Å²) in [5.41, 5.74) is 1.05. The third kappa shape index (κ3) is 4.32. The molecule has 0 radical (unpaired) electrons. The van der Waals surface area contributed by atoms with Crippen LogP contribution in [-0.4, -0.2) is 46.1 Å². The Morgan fingerprint density at radius 2 is 2.00 bits per heavy atom. The molecule has 1 saturated heterocycles. The lowest BCUT2D eigenvalue weighted by molar-refractivity contribution is -0.123. The van der Waals surface area contributed by atoms with E-state index in [4.69, 9.17) is 4.52 Å². The van der Waals surface area contributed by atoms with Crippen LogP contribution in [0, 0.1) is 12.8 Å². The Bertz CT molecular complexity index is 833. The Morgan fingerprint density at radius 3 is 2.68 bits per heavy atom. The van der Waals surface area contributed by atoms with Crippen molar-refractivity contribution in [1.29, 1.82) is 0 Å². The van der Waals surface area contributed by atoms with Crippen LogP contribution < -0.4 is 10.6 Å². The van der Waals surface area contributed by atoms with Crippen molar-refractivity contribution in [1.82, 2.24) is 25.7 Å². The molecule has 3 amide bonds. The molecule has 28 heavy (non-hydrogen) atoms. The van der Waals surface area contributed by atoms with E-state index in [1.165, 1.54) is 0 Å². The molecule has 1 aliphatic heterocycles. The van der Waals surface area contributed by atoms with Crippen LogP contribution in [-0.2, 0) is 11.3 Å². The van der Waals surface area contributed by atoms with Gasteiger partial charge in [0.2, 0.25) is 11.8 Å². The van der Waals surface area contributed by atoms with E-state index in [-0.39, 0.29) is 29.8 Å². The van der Waals surface area contributed by atoms with Gasteiger partial charge >= 0.3 is 6.03 Å². The Kier molecular flexibility index (Phi) is 5.27. The molecule has 2 aromatic rings. The summed E-state index contributed by atoms with van der Waals surface area (Å²) in [5.74, 6) is 1.18. The maximum Gasteiger partial charge on any atom is 0.317 e. The molecule has 0 spiro atoms. The third-order valence-electron chi connectivity index (χ3n) is 5.32. The topological polar surface area (TPSA) is 100 Å². The summed E-state index contributed by atoms with van der Waals surface area (Å²) in [4.78, 5) is 31.1. The van der Waals surface area contributed by atoms with E-state index in [0.717, 1.165) is 18.4 Å². The number of hydrogen-bond donors (Lipinski definition) is 2. The molecule has 2 N–H and O–H groups in total. The lowest BCUT2D eigenvalue weighted by Crippen LogP contribution is -2.55. The van der Waals surface area contributed by atoms with Gasteiger partial charge < -0.3 is 20.1 Å². The first-order valence-electron chi connectivity index (χ1n) is 9.77. The van der Waals surface area contributed by atoms with Crippen molar-refractivity contribution in [2.75, 3.05) is 13.1 Å². The average molecular weight is 383 g/mol. The minimum atomic E-state index is -0.232. The minimum Gasteiger partial charge on any atom is -0.351 e. The predicted molar refractivity (Wildman–Crippen MR) is 101 cm³/mol. The van der Waals surface area contributed by atoms with Crippen LogP contribution in [0.2, 0.25) is 0 Å². The Hall–Kier alpha value is -2.90. The van der Waals surface area contributed by atoms with Crippen molar-refractivity contribution in [2.24, 2.45) is 5.92 Å². The van der Waals surface area contributed by atoms with E-state index in [1.54, 1.807) is 11.8 Å². The van der Waals surface area contributed by atoms with E-state index >= 15 is 0 Å². The summed E-state index contributed by atoms with van der Waals surface area (Å²) >= 11 is 0. The number of urea groups is 1. The number of piperidine rings is 1. The molecule has 2 atom stereocenters. The fraction of sp³-hybridized carbons (Fsp3) is 0.500. The van der Waals surface area contributed by atoms with Crippen molar-refractivity contribution in [3.05, 3.63) is 47.6 Å². The standard InChI is InChI=1S/C20H25N5O3/c1-13-22-19(28-24-13)16-9-10-25(12-17(16)23-18(26)15-7-8-15)20(27)21-11-14-5-3-2-4-6-14/h2-6,15-17H,7-12H2,1H3,(H,21,27)(H,23,26)/t16-,17+/m0/s1. The highest BCUT2D eigenvalue weighted by molar-refractivity contribution is 5.81. The SMILES string of the molecule is Cc1noc([C@H]2CCN(C(=O)NCc3ccccc3)C[C@H]2NC(=O)C2CC2)n1. The van der Waals surface area contributed by atoms with Crippen LogP contribution in [0.1, 0.15) is 42.5 Å². The van der Waals surface area contributed by atoms with Gasteiger partial charge in [0, 0.05) is 25.6 Å². The van der Waals surface area contributed by atoms with E-state index in [9.17, 15) is 9.59 Å². The first-order valence-corrected chi connectivity index (χ1v) is 9.77. The number of amides is 3. The molecule has 2 aliphatic rings. The average Bonchev–Trinajstić information content (AvgIpc) is 3.48. The van der Waals surface area contributed by atoms with Crippen molar-refractivity contribution in [2.45, 2.75) is 44.7 Å². The van der Waals surface area contributed by atoms with Gasteiger partial charge in [-0.25, -0.2) is 4.79 Å². The summed E-state index contributed by atoms with van der Waals surface area (Å²) in [6.07, 6.45) is 2.53. The van der Waals surface area contributed by atoms with Gasteiger partial charge in [0.25, 0.3) is 0 Å². The van der Waals surface area contributed by atoms with Gasteiger partial charge in [-0.05, 0) is 31.7 Å². The number of likely N-dealkylation sites (tertiary alicyclic amines) is 1. The first kappa shape index (κ1) is 18.5. The molecular formula is C20H25N5O3. The number of aryl methyl sites for hydroxylation is 1. The minimum absolute atomic E-state index is 0.0535. The van der Waals surface area contributed by atoms with Gasteiger partial charge in [0.15, 0.2) is 5.82 Å². The Labute approximate surface area is 163 Å². The van der Waals surface area contributed by atoms with E-state index in [2.05, 4.69) is 20.8 Å². The molecule has 8 heteroatoms. The molecule has 1 saturated carbocycles. The van der Waals surface area contributed by atoms with Gasteiger partial charge in [-0.15, -0.1) is 0 Å². The summed E-state index contributed by atoms with van der Waals surface area (Å²) in [7, 11) is 0. The number of benzene rings is 1. The van der Waals surface area contributed by atoms with Crippen LogP contribution in [0.25, 0.3) is 0 Å². The van der Waals surface area contributed by atoms with Crippen molar-refractivity contribution < 1.29 is 14.1 Å². The van der Waals surface area contributed by atoms with Crippen LogP contribution in [0.15, 0.2) is 34.9 Å². The zero-order valence-electron chi connectivity index (χ0n) is 15.9. The maximum absolute atomic E-state index is 12.6. The molecule has 1 aromatic heterocycles. The maximum atomic E-state index is 12.6. The highest BCUT2D eigenvalue weighted by Gasteiger charge is 2.39. The van der Waals surface area contributed by atoms with E-state index < -0.39 is 0 Å². The molecule has 4 rings (SSSR count). The zero-order valence-corrected chi connectivity index (χ0v) is 15.9. The van der Waals surface area contributed by atoms with E-state index in [1.807, 2.05) is 30.3 Å². The second-order valence-corrected chi connectivity index (χ2v) is 7.55. The number of aromatic nitrogens is 2. The lowest BCUT2D eigenvalue weighted by Gasteiger charge is -2.37. The third-order valence-corrected chi connectivity index (χ3v) is 5.32. The van der Waals surface area contributed by atoms with Crippen molar-refractivity contribution in [3.8, 4) is 0 Å². The number of carbonyl (C=O) groups is 2. The largest absolute Gasteiger partial charge is 0.351 e. The lowest BCUT2D eigenvalue weighted by atomic mass is 9.91. The molecule has 2 heterocycles. The summed E-state index contributed by atoms with van der Waals surface area (Å²) in [6.45, 7) is 3.24. The quantitative estimate of drug-likeness (QED) is 0.822. The number of nitrogens with zero attached hydrogens (tertiary/aromatic N) is 3. The fourth-order valence-electron chi connectivity index (χ4n) is 3.57. The van der Waals surface area contributed by atoms with Gasteiger partial charge in [-0.3, -0.25) is 4.79 Å². The van der Waals surface area contributed by atoms with Gasteiger partial charge in [-0.1, -0.05) is 35.5 Å². The first-order chi connectivity index (χ1) is 13.6. The molecule has 8 nitrogen and oxygen atoms in total. The summed E-state index contributed by atoms with van der Waals surface area (Å²) in [5, 5.41) is 9.95. The second-order valence-electron chi connectivity index (χ2n) is 7.55. The number of nitrogens with one attached hydrogen (secondary N) is 2. The molecule has 148 valence electrons. The van der Waals surface area contributed by atoms with Crippen LogP contribution in [0.4, 0.5) is 4.79 Å². The molecule has 1 aromatic carbocycles. The highest BCUT2D eigenvalue weighted by atomic mass is 16.5. The summed E-state index contributed by atoms with van der Waals surface area (Å²) < 4.78 is 5.36. The zero-order chi connectivity index (χ0) is 19.5. The molecular weight excluding hydrogens is 358 g/mol. The van der Waals surface area contributed by atoms with Crippen molar-refractivity contribution in [3.63, 3.8) is 0 Å². The molecule has 1 aliphatic carbocycles. The number of hydrogen-bond acceptors (Lipinski definition) is 5. The number of carbonyl (C=O) groups excluding carboxylic acids is 2. The van der Waals surface area contributed by atoms with Crippen LogP contribution >= 0.6 is 0 Å². The van der Waals surface area contributed by atoms with Crippen LogP contribution in [0.3, 0.4) is 0 Å². The van der Waals surface area contributed by atoms with Gasteiger partial charge in [0.05, 0.1) is 12.0 Å². The monoisotopic (exact) mass is 383 g/mol. The van der Waals surface area contributed by atoms with E-state index in [0.29, 0.717) is 37.8 Å². The van der Waals surface area contributed by atoms with Gasteiger partial charge in [0.1, 0.15) is 0 Å².